The van der Waals surface area contributed by atoms with Gasteiger partial charge in [-0.25, -0.2) is 9.79 Å². The molecule has 1 aliphatic heterocycles. The fraction of sp³-hybridized carbons (Fsp3) is 0.714. The third kappa shape index (κ3) is 1.74. The Hall–Kier alpha value is -0.480. The van der Waals surface area contributed by atoms with Crippen LogP contribution in [-0.4, -0.2) is 36.0 Å². The number of nitrogens with zero attached hydrogens (tertiary/aromatic N) is 1. The van der Waals surface area contributed by atoms with Gasteiger partial charge in [0.2, 0.25) is 0 Å². The lowest BCUT2D eigenvalue weighted by molar-refractivity contribution is -0.145. The first-order valence-electron chi connectivity index (χ1n) is 3.58. The van der Waals surface area contributed by atoms with Crippen LogP contribution >= 0.6 is 23.2 Å². The molecule has 2 unspecified atom stereocenters. The molecule has 0 aromatic heterocycles. The van der Waals surface area contributed by atoms with Crippen LogP contribution in [-0.2, 0) is 14.3 Å². The van der Waals surface area contributed by atoms with Crippen LogP contribution in [0.15, 0.2) is 4.99 Å². The van der Waals surface area contributed by atoms with Crippen LogP contribution in [0.2, 0.25) is 0 Å². The Bertz CT molecular complexity index is 244. The van der Waals surface area contributed by atoms with Gasteiger partial charge in [-0.1, -0.05) is 0 Å². The molecular formula is C7H9Cl2NO3. The fourth-order valence-corrected chi connectivity index (χ4v) is 1.34. The van der Waals surface area contributed by atoms with Crippen molar-refractivity contribution in [3.63, 3.8) is 0 Å². The second kappa shape index (κ2) is 3.72. The highest BCUT2D eigenvalue weighted by Crippen LogP contribution is 2.32. The smallest absolute Gasteiger partial charge is 0.335 e. The van der Waals surface area contributed by atoms with Gasteiger partial charge in [-0.3, -0.25) is 0 Å². The lowest BCUT2D eigenvalue weighted by Crippen LogP contribution is -2.47. The molecule has 0 saturated heterocycles. The van der Waals surface area contributed by atoms with Crippen molar-refractivity contribution in [3.05, 3.63) is 0 Å². The van der Waals surface area contributed by atoms with Crippen LogP contribution in [0, 0.1) is 0 Å². The van der Waals surface area contributed by atoms with Crippen molar-refractivity contribution in [2.75, 3.05) is 7.11 Å². The van der Waals surface area contributed by atoms with Gasteiger partial charge in [-0.15, -0.1) is 23.2 Å². The number of alkyl halides is 2. The minimum absolute atomic E-state index is 0.512. The van der Waals surface area contributed by atoms with E-state index in [1.165, 1.54) is 13.5 Å². The molecule has 0 radical (unpaired) electrons. The lowest BCUT2D eigenvalue weighted by atomic mass is 10.00. The number of aliphatic imine (C=N–C) groups is 1. The zero-order valence-corrected chi connectivity index (χ0v) is 8.67. The Morgan fingerprint density at radius 2 is 2.38 bits per heavy atom. The molecular weight excluding hydrogens is 217 g/mol. The Morgan fingerprint density at radius 3 is 2.85 bits per heavy atom. The molecule has 0 fully saturated rings. The van der Waals surface area contributed by atoms with E-state index in [4.69, 9.17) is 27.9 Å². The van der Waals surface area contributed by atoms with Gasteiger partial charge < -0.3 is 9.47 Å². The molecule has 1 aliphatic rings. The molecule has 74 valence electrons. The number of halogens is 2. The van der Waals surface area contributed by atoms with Crippen molar-refractivity contribution in [2.45, 2.75) is 23.4 Å². The van der Waals surface area contributed by atoms with Gasteiger partial charge in [0, 0.05) is 0 Å². The number of hydrogen-bond acceptors (Lipinski definition) is 4. The normalized spacial score (nSPS) is 31.9. The number of rotatable bonds is 2. The monoisotopic (exact) mass is 225 g/mol. The van der Waals surface area contributed by atoms with Crippen LogP contribution in [0.5, 0.6) is 0 Å². The average molecular weight is 226 g/mol. The quantitative estimate of drug-likeness (QED) is 0.524. The molecule has 0 N–H and O–H groups in total. The molecule has 1 heterocycles. The highest BCUT2D eigenvalue weighted by molar-refractivity contribution is 6.45. The molecule has 6 heteroatoms. The van der Waals surface area contributed by atoms with Crippen LogP contribution in [0.4, 0.5) is 0 Å². The number of ether oxygens (including phenoxy) is 2. The predicted octanol–water partition coefficient (Wildman–Crippen LogP) is 1.15. The summed E-state index contributed by atoms with van der Waals surface area (Å²) in [7, 11) is 1.27. The minimum Gasteiger partial charge on any atom is -0.472 e. The van der Waals surface area contributed by atoms with Crippen molar-refractivity contribution in [1.29, 1.82) is 0 Å². The van der Waals surface area contributed by atoms with E-state index >= 15 is 0 Å². The van der Waals surface area contributed by atoms with Crippen molar-refractivity contribution in [2.24, 2.45) is 4.99 Å². The van der Waals surface area contributed by atoms with Gasteiger partial charge in [-0.05, 0) is 6.92 Å². The van der Waals surface area contributed by atoms with Crippen LogP contribution in [0.1, 0.15) is 6.92 Å². The van der Waals surface area contributed by atoms with E-state index in [2.05, 4.69) is 9.73 Å². The molecule has 0 aromatic rings. The Kier molecular flexibility index (Phi) is 3.03. The largest absolute Gasteiger partial charge is 0.472 e. The topological polar surface area (TPSA) is 47.9 Å². The van der Waals surface area contributed by atoms with Gasteiger partial charge in [0.05, 0.1) is 7.11 Å². The molecule has 0 amide bonds. The molecule has 0 aliphatic carbocycles. The van der Waals surface area contributed by atoms with Gasteiger partial charge in [0.15, 0.2) is 18.0 Å². The standard InChI is InChI=1S/C7H9Cl2NO3/c1-7(6(8)9)4(5(11)12-2)10-3-13-7/h3-4,6H,1-2H3. The van der Waals surface area contributed by atoms with Crippen molar-refractivity contribution >= 4 is 35.6 Å². The van der Waals surface area contributed by atoms with Gasteiger partial charge in [0.25, 0.3) is 0 Å². The van der Waals surface area contributed by atoms with Crippen molar-refractivity contribution in [1.82, 2.24) is 0 Å². The van der Waals surface area contributed by atoms with E-state index in [1.807, 2.05) is 0 Å². The lowest BCUT2D eigenvalue weighted by Gasteiger charge is -2.28. The highest BCUT2D eigenvalue weighted by Gasteiger charge is 2.49. The second-order valence-electron chi connectivity index (χ2n) is 2.78. The molecule has 4 nitrogen and oxygen atoms in total. The van der Waals surface area contributed by atoms with Crippen LogP contribution in [0.25, 0.3) is 0 Å². The first-order chi connectivity index (χ1) is 6.02. The summed E-state index contributed by atoms with van der Waals surface area (Å²) >= 11 is 11.3. The van der Waals surface area contributed by atoms with Gasteiger partial charge >= 0.3 is 5.97 Å². The summed E-state index contributed by atoms with van der Waals surface area (Å²) in [6, 6.07) is -0.794. The van der Waals surface area contributed by atoms with E-state index in [0.717, 1.165) is 0 Å². The second-order valence-corrected chi connectivity index (χ2v) is 3.88. The molecule has 13 heavy (non-hydrogen) atoms. The molecule has 0 bridgehead atoms. The number of methoxy groups -OCH3 is 1. The molecule has 1 rings (SSSR count). The third-order valence-electron chi connectivity index (χ3n) is 1.92. The summed E-state index contributed by atoms with van der Waals surface area (Å²) in [6.07, 6.45) is 1.17. The third-order valence-corrected chi connectivity index (χ3v) is 2.78. The van der Waals surface area contributed by atoms with Crippen LogP contribution < -0.4 is 0 Å². The molecule has 0 aromatic carbocycles. The Morgan fingerprint density at radius 1 is 1.77 bits per heavy atom. The fourth-order valence-electron chi connectivity index (χ4n) is 0.995. The first kappa shape index (κ1) is 10.6. The Labute approximate surface area is 85.8 Å². The molecule has 0 saturated carbocycles. The highest BCUT2D eigenvalue weighted by atomic mass is 35.5. The minimum atomic E-state index is -1.03. The maximum absolute atomic E-state index is 11.2. The van der Waals surface area contributed by atoms with Crippen molar-refractivity contribution < 1.29 is 14.3 Å². The summed E-state index contributed by atoms with van der Waals surface area (Å²) in [5.41, 5.74) is -1.03. The van der Waals surface area contributed by atoms with Crippen molar-refractivity contribution in [3.8, 4) is 0 Å². The molecule has 0 spiro atoms. The van der Waals surface area contributed by atoms with Gasteiger partial charge in [0.1, 0.15) is 4.84 Å². The Balaban J connectivity index is 2.84. The van der Waals surface area contributed by atoms with E-state index < -0.39 is 22.4 Å². The summed E-state index contributed by atoms with van der Waals surface area (Å²) in [5.74, 6) is -0.512. The van der Waals surface area contributed by atoms with E-state index in [0.29, 0.717) is 0 Å². The SMILES string of the molecule is COC(=O)C1N=COC1(C)C(Cl)Cl. The summed E-state index contributed by atoms with van der Waals surface area (Å²) in [6.45, 7) is 1.60. The molecule has 2 atom stereocenters. The summed E-state index contributed by atoms with van der Waals surface area (Å²) < 4.78 is 9.61. The number of carbonyl (C=O) groups is 1. The number of carbonyl (C=O) groups excluding carboxylic acids is 1. The number of hydrogen-bond donors (Lipinski definition) is 0. The number of esters is 1. The van der Waals surface area contributed by atoms with E-state index in [-0.39, 0.29) is 0 Å². The van der Waals surface area contributed by atoms with E-state index in [1.54, 1.807) is 6.92 Å². The maximum Gasteiger partial charge on any atom is 0.335 e. The predicted molar refractivity (Wildman–Crippen MR) is 49.3 cm³/mol. The van der Waals surface area contributed by atoms with E-state index in [9.17, 15) is 4.79 Å². The summed E-state index contributed by atoms with van der Waals surface area (Å²) in [4.78, 5) is 14.1. The zero-order valence-electron chi connectivity index (χ0n) is 7.16. The zero-order chi connectivity index (χ0) is 10.1. The van der Waals surface area contributed by atoms with Crippen LogP contribution in [0.3, 0.4) is 0 Å². The summed E-state index contributed by atoms with van der Waals surface area (Å²) in [5, 5.41) is 0. The first-order valence-corrected chi connectivity index (χ1v) is 4.45. The van der Waals surface area contributed by atoms with Gasteiger partial charge in [-0.2, -0.15) is 0 Å². The maximum atomic E-state index is 11.2. The average Bonchev–Trinajstić information content (AvgIpc) is 2.47.